The number of rotatable bonds is 5. The molecule has 150 valence electrons. The van der Waals surface area contributed by atoms with Crippen molar-refractivity contribution in [2.75, 3.05) is 13.1 Å². The van der Waals surface area contributed by atoms with Gasteiger partial charge in [-0.3, -0.25) is 9.80 Å². The summed E-state index contributed by atoms with van der Waals surface area (Å²) in [7, 11) is 0. The Labute approximate surface area is 171 Å². The summed E-state index contributed by atoms with van der Waals surface area (Å²) in [6.45, 7) is 6.02. The number of quaternary nitrogens is 2. The Morgan fingerprint density at radius 1 is 0.690 bits per heavy atom. The Kier molecular flexibility index (Phi) is 6.02. The van der Waals surface area contributed by atoms with Gasteiger partial charge in [-0.25, -0.2) is 8.78 Å². The molecule has 4 rings (SSSR count). The molecule has 0 aromatic heterocycles. The fourth-order valence-corrected chi connectivity index (χ4v) is 4.46. The maximum Gasteiger partial charge on any atom is 0.240 e. The molecule has 0 spiro atoms. The van der Waals surface area contributed by atoms with Gasteiger partial charge in [-0.1, -0.05) is 42.0 Å². The van der Waals surface area contributed by atoms with Crippen LogP contribution in [-0.2, 0) is 13.1 Å². The molecule has 3 atom stereocenters. The van der Waals surface area contributed by atoms with E-state index >= 15 is 0 Å². The van der Waals surface area contributed by atoms with Gasteiger partial charge in [-0.05, 0) is 43.3 Å². The molecule has 0 amide bonds. The first kappa shape index (κ1) is 19.7. The van der Waals surface area contributed by atoms with E-state index in [4.69, 9.17) is 0 Å². The minimum absolute atomic E-state index is 0.204. The lowest BCUT2D eigenvalue weighted by Gasteiger charge is -2.38. The first-order chi connectivity index (χ1) is 14.1. The predicted octanol–water partition coefficient (Wildman–Crippen LogP) is 2.85. The molecular weight excluding hydrogens is 366 g/mol. The molecule has 1 fully saturated rings. The zero-order chi connectivity index (χ0) is 20.2. The zero-order valence-corrected chi connectivity index (χ0v) is 16.8. The highest BCUT2D eigenvalue weighted by atomic mass is 19.1. The Morgan fingerprint density at radius 2 is 1.14 bits per heavy atom. The minimum Gasteiger partial charge on any atom is -0.278 e. The summed E-state index contributed by atoms with van der Waals surface area (Å²) in [5, 5.41) is 0. The minimum atomic E-state index is -0.205. The highest BCUT2D eigenvalue weighted by Gasteiger charge is 2.37. The van der Waals surface area contributed by atoms with Gasteiger partial charge in [0.1, 0.15) is 24.7 Å². The third-order valence-corrected chi connectivity index (χ3v) is 5.91. The lowest BCUT2D eigenvalue weighted by molar-refractivity contribution is -1.16. The first-order valence-corrected chi connectivity index (χ1v) is 10.3. The summed E-state index contributed by atoms with van der Waals surface area (Å²) in [5.41, 5.74) is 4.87. The van der Waals surface area contributed by atoms with E-state index in [1.807, 2.05) is 24.3 Å². The SMILES string of the molecule is Cc1ccc(C[NH+]2CCC[NH+](Cc3ccc(F)cc3)C2c2ccc(F)cc2)cc1. The molecule has 0 radical (unpaired) electrons. The maximum absolute atomic E-state index is 13.6. The van der Waals surface area contributed by atoms with Gasteiger partial charge in [0.2, 0.25) is 6.17 Å². The van der Waals surface area contributed by atoms with Gasteiger partial charge < -0.3 is 0 Å². The van der Waals surface area contributed by atoms with Crippen LogP contribution >= 0.6 is 0 Å². The fraction of sp³-hybridized carbons (Fsp3) is 0.280. The molecule has 1 heterocycles. The number of halogens is 2. The lowest BCUT2D eigenvalue weighted by atomic mass is 10.0. The van der Waals surface area contributed by atoms with E-state index in [-0.39, 0.29) is 17.8 Å². The summed E-state index contributed by atoms with van der Waals surface area (Å²) in [4.78, 5) is 2.93. The Balaban J connectivity index is 1.62. The van der Waals surface area contributed by atoms with Crippen molar-refractivity contribution in [1.29, 1.82) is 0 Å². The number of benzene rings is 3. The van der Waals surface area contributed by atoms with Gasteiger partial charge in [0.15, 0.2) is 0 Å². The molecule has 3 aromatic carbocycles. The molecule has 1 aliphatic rings. The monoisotopic (exact) mass is 394 g/mol. The number of nitrogens with one attached hydrogen (secondary N) is 2. The zero-order valence-electron chi connectivity index (χ0n) is 16.8. The quantitative estimate of drug-likeness (QED) is 0.659. The van der Waals surface area contributed by atoms with Gasteiger partial charge in [0.25, 0.3) is 0 Å². The summed E-state index contributed by atoms with van der Waals surface area (Å²) >= 11 is 0. The van der Waals surface area contributed by atoms with Crippen molar-refractivity contribution in [2.24, 2.45) is 0 Å². The second-order valence-corrected chi connectivity index (χ2v) is 8.12. The number of aryl methyl sites for hydroxylation is 1. The van der Waals surface area contributed by atoms with E-state index in [1.54, 1.807) is 12.1 Å². The van der Waals surface area contributed by atoms with Crippen molar-refractivity contribution < 1.29 is 18.6 Å². The lowest BCUT2D eigenvalue weighted by Crippen LogP contribution is -3.32. The van der Waals surface area contributed by atoms with Crippen LogP contribution in [0.5, 0.6) is 0 Å². The van der Waals surface area contributed by atoms with Crippen LogP contribution in [0.15, 0.2) is 72.8 Å². The molecular formula is C25H28F2N2+2. The average molecular weight is 395 g/mol. The summed E-state index contributed by atoms with van der Waals surface area (Å²) in [6.07, 6.45) is 1.35. The third-order valence-electron chi connectivity index (χ3n) is 5.91. The van der Waals surface area contributed by atoms with Gasteiger partial charge in [0.05, 0.1) is 18.7 Å². The van der Waals surface area contributed by atoms with Crippen molar-refractivity contribution in [3.05, 3.63) is 107 Å². The molecule has 2 nitrogen and oxygen atoms in total. The molecule has 1 aliphatic heterocycles. The molecule has 29 heavy (non-hydrogen) atoms. The third kappa shape index (κ3) is 4.89. The molecule has 2 N–H and O–H groups in total. The van der Waals surface area contributed by atoms with E-state index in [2.05, 4.69) is 31.2 Å². The standard InChI is InChI=1S/C25H26F2N2/c1-19-3-5-20(6-4-19)17-28-15-2-16-29(18-21-7-11-23(26)12-8-21)25(28)22-9-13-24(27)14-10-22/h3-14,25H,2,15-18H2,1H3/p+2. The van der Waals surface area contributed by atoms with E-state index in [0.29, 0.717) is 0 Å². The molecule has 0 bridgehead atoms. The number of hydrogen-bond acceptors (Lipinski definition) is 0. The van der Waals surface area contributed by atoms with Gasteiger partial charge in [-0.2, -0.15) is 0 Å². The highest BCUT2D eigenvalue weighted by Crippen LogP contribution is 2.11. The van der Waals surface area contributed by atoms with Crippen LogP contribution in [0.25, 0.3) is 0 Å². The van der Waals surface area contributed by atoms with E-state index in [0.717, 1.165) is 43.7 Å². The largest absolute Gasteiger partial charge is 0.278 e. The maximum atomic E-state index is 13.6. The second-order valence-electron chi connectivity index (χ2n) is 8.12. The van der Waals surface area contributed by atoms with Crippen LogP contribution in [0.2, 0.25) is 0 Å². The molecule has 4 heteroatoms. The Bertz CT molecular complexity index is 865. The van der Waals surface area contributed by atoms with E-state index in [1.165, 1.54) is 33.1 Å². The van der Waals surface area contributed by atoms with Crippen LogP contribution in [0.4, 0.5) is 8.78 Å². The van der Waals surface area contributed by atoms with Gasteiger partial charge in [0, 0.05) is 17.5 Å². The topological polar surface area (TPSA) is 8.88 Å². The molecule has 3 unspecified atom stereocenters. The fourth-order valence-electron chi connectivity index (χ4n) is 4.46. The molecule has 0 aliphatic carbocycles. The predicted molar refractivity (Wildman–Crippen MR) is 110 cm³/mol. The van der Waals surface area contributed by atoms with Crippen molar-refractivity contribution in [1.82, 2.24) is 0 Å². The van der Waals surface area contributed by atoms with Crippen molar-refractivity contribution in [3.8, 4) is 0 Å². The van der Waals surface area contributed by atoms with E-state index in [9.17, 15) is 8.78 Å². The van der Waals surface area contributed by atoms with Crippen molar-refractivity contribution in [2.45, 2.75) is 32.6 Å². The van der Waals surface area contributed by atoms with E-state index < -0.39 is 0 Å². The van der Waals surface area contributed by atoms with Crippen LogP contribution in [-0.4, -0.2) is 13.1 Å². The average Bonchev–Trinajstić information content (AvgIpc) is 2.73. The Morgan fingerprint density at radius 3 is 1.66 bits per heavy atom. The summed E-state index contributed by atoms with van der Waals surface area (Å²) in [5.74, 6) is -0.408. The summed E-state index contributed by atoms with van der Waals surface area (Å²) < 4.78 is 26.9. The van der Waals surface area contributed by atoms with Gasteiger partial charge >= 0.3 is 0 Å². The highest BCUT2D eigenvalue weighted by molar-refractivity contribution is 5.21. The van der Waals surface area contributed by atoms with Crippen LogP contribution in [0.3, 0.4) is 0 Å². The normalized spacial score (nSPS) is 21.8. The van der Waals surface area contributed by atoms with Crippen LogP contribution in [0.1, 0.15) is 34.8 Å². The second kappa shape index (κ2) is 8.85. The summed E-state index contributed by atoms with van der Waals surface area (Å²) in [6, 6.07) is 22.5. The van der Waals surface area contributed by atoms with Crippen LogP contribution < -0.4 is 9.80 Å². The molecule has 1 saturated heterocycles. The molecule has 3 aromatic rings. The van der Waals surface area contributed by atoms with Crippen LogP contribution in [0, 0.1) is 18.6 Å². The molecule has 0 saturated carbocycles. The first-order valence-electron chi connectivity index (χ1n) is 10.3. The van der Waals surface area contributed by atoms with Crippen molar-refractivity contribution >= 4 is 0 Å². The van der Waals surface area contributed by atoms with Gasteiger partial charge in [-0.15, -0.1) is 0 Å². The smallest absolute Gasteiger partial charge is 0.240 e. The van der Waals surface area contributed by atoms with Crippen molar-refractivity contribution in [3.63, 3.8) is 0 Å². The number of hydrogen-bond donors (Lipinski definition) is 2. The Hall–Kier alpha value is -2.56.